The van der Waals surface area contributed by atoms with E-state index in [0.717, 1.165) is 32.1 Å². The number of rotatable bonds is 4. The molecule has 0 radical (unpaired) electrons. The Balaban J connectivity index is 2.27. The van der Waals surface area contributed by atoms with Crippen LogP contribution in [0.4, 0.5) is 0 Å². The highest BCUT2D eigenvalue weighted by Crippen LogP contribution is 2.36. The van der Waals surface area contributed by atoms with Crippen molar-refractivity contribution in [3.8, 4) is 0 Å². The first-order valence-corrected chi connectivity index (χ1v) is 8.06. The largest absolute Gasteiger partial charge is 0.340 e. The van der Waals surface area contributed by atoms with Gasteiger partial charge in [-0.2, -0.15) is 0 Å². The van der Waals surface area contributed by atoms with Gasteiger partial charge in [0.05, 0.1) is 0 Å². The number of nitrogens with one attached hydrogen (secondary N) is 1. The standard InChI is InChI=1S/C16H28N2O2/c1-5-13-14(19)17-16(8-6-7-9-16)15(20)18(13)12(4)10-11(2)3/h11-13H,5-10H2,1-4H3,(H,17,19). The minimum Gasteiger partial charge on any atom is -0.340 e. The lowest BCUT2D eigenvalue weighted by Crippen LogP contribution is -2.70. The lowest BCUT2D eigenvalue weighted by molar-refractivity contribution is -0.158. The third-order valence-corrected chi connectivity index (χ3v) is 4.78. The monoisotopic (exact) mass is 280 g/mol. The van der Waals surface area contributed by atoms with Gasteiger partial charge in [-0.1, -0.05) is 33.6 Å². The predicted octanol–water partition coefficient (Wildman–Crippen LogP) is 2.47. The van der Waals surface area contributed by atoms with Gasteiger partial charge in [0.25, 0.3) is 0 Å². The molecule has 2 atom stereocenters. The number of hydrogen-bond donors (Lipinski definition) is 1. The molecule has 1 saturated heterocycles. The van der Waals surface area contributed by atoms with Crippen LogP contribution < -0.4 is 5.32 Å². The van der Waals surface area contributed by atoms with Crippen molar-refractivity contribution in [2.75, 3.05) is 0 Å². The van der Waals surface area contributed by atoms with Crippen molar-refractivity contribution in [2.45, 2.75) is 83.8 Å². The number of hydrogen-bond acceptors (Lipinski definition) is 2. The van der Waals surface area contributed by atoms with E-state index in [9.17, 15) is 9.59 Å². The van der Waals surface area contributed by atoms with E-state index in [1.807, 2.05) is 11.8 Å². The molecular formula is C16H28N2O2. The van der Waals surface area contributed by atoms with E-state index in [4.69, 9.17) is 0 Å². The smallest absolute Gasteiger partial charge is 0.249 e. The quantitative estimate of drug-likeness (QED) is 0.860. The van der Waals surface area contributed by atoms with Crippen molar-refractivity contribution in [2.24, 2.45) is 5.92 Å². The number of piperazine rings is 1. The Kier molecular flexibility index (Phi) is 4.40. The summed E-state index contributed by atoms with van der Waals surface area (Å²) in [4.78, 5) is 27.3. The van der Waals surface area contributed by atoms with Crippen molar-refractivity contribution in [3.05, 3.63) is 0 Å². The SMILES string of the molecule is CCC1C(=O)NC2(CCCC2)C(=O)N1C(C)CC(C)C. The maximum absolute atomic E-state index is 13.0. The van der Waals surface area contributed by atoms with Gasteiger partial charge in [-0.05, 0) is 38.5 Å². The molecule has 0 bridgehead atoms. The minimum atomic E-state index is -0.589. The molecule has 0 aromatic heterocycles. The van der Waals surface area contributed by atoms with Crippen LogP contribution >= 0.6 is 0 Å². The molecule has 2 fully saturated rings. The topological polar surface area (TPSA) is 49.4 Å². The summed E-state index contributed by atoms with van der Waals surface area (Å²) in [6.45, 7) is 8.40. The van der Waals surface area contributed by atoms with Gasteiger partial charge >= 0.3 is 0 Å². The molecule has 0 aromatic carbocycles. The van der Waals surface area contributed by atoms with Crippen molar-refractivity contribution < 1.29 is 9.59 Å². The average molecular weight is 280 g/mol. The van der Waals surface area contributed by atoms with Crippen LogP contribution in [0, 0.1) is 5.92 Å². The number of carbonyl (C=O) groups is 2. The van der Waals surface area contributed by atoms with E-state index in [1.165, 1.54) is 0 Å². The Morgan fingerprint density at radius 1 is 1.25 bits per heavy atom. The van der Waals surface area contributed by atoms with Gasteiger partial charge in [-0.25, -0.2) is 0 Å². The molecule has 2 rings (SSSR count). The van der Waals surface area contributed by atoms with Crippen LogP contribution in [0.5, 0.6) is 0 Å². The summed E-state index contributed by atoms with van der Waals surface area (Å²) in [6.07, 6.45) is 5.32. The highest BCUT2D eigenvalue weighted by molar-refractivity contribution is 6.00. The van der Waals surface area contributed by atoms with Crippen molar-refractivity contribution >= 4 is 11.8 Å². The van der Waals surface area contributed by atoms with Gasteiger partial charge in [0.15, 0.2) is 0 Å². The van der Waals surface area contributed by atoms with Gasteiger partial charge in [-0.15, -0.1) is 0 Å². The van der Waals surface area contributed by atoms with Crippen molar-refractivity contribution in [1.82, 2.24) is 10.2 Å². The maximum Gasteiger partial charge on any atom is 0.249 e. The highest BCUT2D eigenvalue weighted by Gasteiger charge is 2.52. The highest BCUT2D eigenvalue weighted by atomic mass is 16.2. The fourth-order valence-electron chi connectivity index (χ4n) is 3.89. The second-order valence-electron chi connectivity index (χ2n) is 6.89. The summed E-state index contributed by atoms with van der Waals surface area (Å²) < 4.78 is 0. The first-order valence-electron chi connectivity index (χ1n) is 8.06. The van der Waals surface area contributed by atoms with Crippen LogP contribution in [0.3, 0.4) is 0 Å². The molecule has 2 unspecified atom stereocenters. The molecule has 1 heterocycles. The third kappa shape index (κ3) is 2.57. The molecular weight excluding hydrogens is 252 g/mol. The molecule has 1 aliphatic carbocycles. The summed E-state index contributed by atoms with van der Waals surface area (Å²) >= 11 is 0. The van der Waals surface area contributed by atoms with E-state index in [1.54, 1.807) is 0 Å². The van der Waals surface area contributed by atoms with Gasteiger partial charge in [0.1, 0.15) is 11.6 Å². The molecule has 2 aliphatic rings. The average Bonchev–Trinajstić information content (AvgIpc) is 2.81. The lowest BCUT2D eigenvalue weighted by atomic mass is 9.88. The fraction of sp³-hybridized carbons (Fsp3) is 0.875. The van der Waals surface area contributed by atoms with Crippen LogP contribution in [0.25, 0.3) is 0 Å². The van der Waals surface area contributed by atoms with E-state index < -0.39 is 5.54 Å². The van der Waals surface area contributed by atoms with Crippen LogP contribution in [0.2, 0.25) is 0 Å². The Morgan fingerprint density at radius 2 is 1.85 bits per heavy atom. The van der Waals surface area contributed by atoms with Crippen molar-refractivity contribution in [1.29, 1.82) is 0 Å². The Hall–Kier alpha value is -1.06. The third-order valence-electron chi connectivity index (χ3n) is 4.78. The Labute approximate surface area is 122 Å². The Bertz CT molecular complexity index is 386. The molecule has 1 spiro atoms. The molecule has 2 amide bonds. The first-order chi connectivity index (χ1) is 9.41. The van der Waals surface area contributed by atoms with Crippen LogP contribution in [-0.2, 0) is 9.59 Å². The van der Waals surface area contributed by atoms with Gasteiger partial charge in [-0.3, -0.25) is 9.59 Å². The van der Waals surface area contributed by atoms with E-state index in [2.05, 4.69) is 26.1 Å². The number of nitrogens with zero attached hydrogens (tertiary/aromatic N) is 1. The van der Waals surface area contributed by atoms with Gasteiger partial charge < -0.3 is 10.2 Å². The number of carbonyl (C=O) groups excluding carboxylic acids is 2. The number of amides is 2. The molecule has 1 saturated carbocycles. The summed E-state index contributed by atoms with van der Waals surface area (Å²) in [5, 5.41) is 3.05. The van der Waals surface area contributed by atoms with Gasteiger partial charge in [0.2, 0.25) is 11.8 Å². The van der Waals surface area contributed by atoms with Crippen LogP contribution in [0.1, 0.15) is 66.2 Å². The van der Waals surface area contributed by atoms with E-state index >= 15 is 0 Å². The van der Waals surface area contributed by atoms with E-state index in [0.29, 0.717) is 12.3 Å². The summed E-state index contributed by atoms with van der Waals surface area (Å²) in [5.74, 6) is 0.735. The second kappa shape index (κ2) is 5.74. The van der Waals surface area contributed by atoms with Gasteiger partial charge in [0, 0.05) is 6.04 Å². The van der Waals surface area contributed by atoms with Crippen molar-refractivity contribution in [3.63, 3.8) is 0 Å². The van der Waals surface area contributed by atoms with Crippen LogP contribution in [-0.4, -0.2) is 34.3 Å². The molecule has 4 nitrogen and oxygen atoms in total. The Morgan fingerprint density at radius 3 is 2.35 bits per heavy atom. The zero-order valence-corrected chi connectivity index (χ0v) is 13.2. The summed E-state index contributed by atoms with van der Waals surface area (Å²) in [5.41, 5.74) is -0.589. The normalized spacial score (nSPS) is 27.2. The molecule has 1 N–H and O–H groups in total. The molecule has 114 valence electrons. The molecule has 0 aromatic rings. The van der Waals surface area contributed by atoms with Crippen LogP contribution in [0.15, 0.2) is 0 Å². The lowest BCUT2D eigenvalue weighted by Gasteiger charge is -2.47. The summed E-state index contributed by atoms with van der Waals surface area (Å²) in [7, 11) is 0. The fourth-order valence-corrected chi connectivity index (χ4v) is 3.89. The van der Waals surface area contributed by atoms with E-state index in [-0.39, 0.29) is 23.9 Å². The maximum atomic E-state index is 13.0. The predicted molar refractivity (Wildman–Crippen MR) is 79.2 cm³/mol. The zero-order valence-electron chi connectivity index (χ0n) is 13.2. The minimum absolute atomic E-state index is 0.0459. The molecule has 4 heteroatoms. The first kappa shape index (κ1) is 15.3. The second-order valence-corrected chi connectivity index (χ2v) is 6.89. The summed E-state index contributed by atoms with van der Waals surface area (Å²) in [6, 6.07) is -0.154. The molecule has 1 aliphatic heterocycles. The molecule has 20 heavy (non-hydrogen) atoms. The zero-order chi connectivity index (χ0) is 14.9.